The highest BCUT2D eigenvalue weighted by molar-refractivity contribution is 7.80. The van der Waals surface area contributed by atoms with Crippen molar-refractivity contribution in [2.75, 3.05) is 0 Å². The molecular formula is C7H13FN2O3S. The molecule has 0 saturated heterocycles. The van der Waals surface area contributed by atoms with E-state index in [9.17, 15) is 3.89 Å². The van der Waals surface area contributed by atoms with E-state index < -0.39 is 10.5 Å². The van der Waals surface area contributed by atoms with Crippen LogP contribution in [-0.4, -0.2) is 17.5 Å². The summed E-state index contributed by atoms with van der Waals surface area (Å²) in [5.74, 6) is 0. The molecule has 1 rings (SSSR count). The van der Waals surface area contributed by atoms with Crippen molar-refractivity contribution in [1.29, 1.82) is 0 Å². The second-order valence-electron chi connectivity index (χ2n) is 2.71. The average Bonchev–Trinajstić information content (AvgIpc) is 2.32. The van der Waals surface area contributed by atoms with Crippen molar-refractivity contribution in [1.82, 2.24) is 4.57 Å². The molecule has 0 spiro atoms. The summed E-state index contributed by atoms with van der Waals surface area (Å²) < 4.78 is 39.6. The molecule has 0 aliphatic heterocycles. The van der Waals surface area contributed by atoms with Gasteiger partial charge in [-0.05, 0) is 6.42 Å². The number of rotatable bonds is 2. The van der Waals surface area contributed by atoms with Crippen LogP contribution in [-0.2, 0) is 24.1 Å². The Morgan fingerprint density at radius 2 is 2.07 bits per heavy atom. The van der Waals surface area contributed by atoms with Gasteiger partial charge in [-0.25, -0.2) is 17.6 Å². The summed E-state index contributed by atoms with van der Waals surface area (Å²) in [6.45, 7) is 3.31. The van der Waals surface area contributed by atoms with Crippen LogP contribution in [0.25, 0.3) is 0 Å². The molecule has 0 aliphatic carbocycles. The van der Waals surface area contributed by atoms with Gasteiger partial charge >= 0.3 is 0 Å². The van der Waals surface area contributed by atoms with Crippen LogP contribution in [0.3, 0.4) is 0 Å². The number of aryl methyl sites for hydroxylation is 2. The van der Waals surface area contributed by atoms with Crippen molar-refractivity contribution >= 4 is 10.5 Å². The molecule has 0 N–H and O–H groups in total. The third-order valence-corrected chi connectivity index (χ3v) is 1.31. The summed E-state index contributed by atoms with van der Waals surface area (Å²) in [4.78, 5) is 0. The van der Waals surface area contributed by atoms with Gasteiger partial charge < -0.3 is 4.55 Å². The van der Waals surface area contributed by atoms with Crippen LogP contribution in [0.4, 0.5) is 3.89 Å². The highest BCUT2D eigenvalue weighted by Gasteiger charge is 1.94. The summed E-state index contributed by atoms with van der Waals surface area (Å²) in [5, 5.41) is 0. The topological polar surface area (TPSA) is 66.0 Å². The monoisotopic (exact) mass is 224 g/mol. The lowest BCUT2D eigenvalue weighted by Crippen LogP contribution is -2.30. The van der Waals surface area contributed by atoms with Crippen LogP contribution < -0.4 is 4.57 Å². The first kappa shape index (κ1) is 13.1. The Balaban J connectivity index is 0.000000292. The van der Waals surface area contributed by atoms with Gasteiger partial charge in [0.05, 0.1) is 13.6 Å². The summed E-state index contributed by atoms with van der Waals surface area (Å²) in [5.41, 5.74) is 0. The molecule has 5 nitrogen and oxygen atoms in total. The molecule has 1 aromatic heterocycles. The van der Waals surface area contributed by atoms with Gasteiger partial charge in [-0.3, -0.25) is 0 Å². The van der Waals surface area contributed by atoms with Crippen LogP contribution in [0, 0.1) is 0 Å². The molecule has 1 aromatic rings. The molecule has 0 aliphatic rings. The van der Waals surface area contributed by atoms with Gasteiger partial charge in [0, 0.05) is 0 Å². The molecule has 14 heavy (non-hydrogen) atoms. The highest BCUT2D eigenvalue weighted by atomic mass is 32.3. The third-order valence-electron chi connectivity index (χ3n) is 1.31. The minimum absolute atomic E-state index is 1.13. The maximum absolute atomic E-state index is 10.1. The Bertz CT molecular complexity index is 353. The van der Waals surface area contributed by atoms with Crippen molar-refractivity contribution in [3.05, 3.63) is 18.7 Å². The third kappa shape index (κ3) is 9.14. The zero-order chi connectivity index (χ0) is 11.2. The second kappa shape index (κ2) is 5.71. The van der Waals surface area contributed by atoms with Gasteiger partial charge in [0.2, 0.25) is 6.33 Å². The summed E-state index contributed by atoms with van der Waals surface area (Å²) in [7, 11) is -3.38. The molecular weight excluding hydrogens is 211 g/mol. The standard InChI is InChI=1S/C7H13N2.FHO3S/c1-3-4-9-6-5-8(2)7-9;1-5(2,3)4/h5-7H,3-4H2,1-2H3;(H,2,3,4)/q+1;/p-1. The Hall–Kier alpha value is -0.950. The fourth-order valence-electron chi connectivity index (χ4n) is 0.892. The number of hydrogen-bond donors (Lipinski definition) is 0. The zero-order valence-corrected chi connectivity index (χ0v) is 8.87. The van der Waals surface area contributed by atoms with Crippen LogP contribution in [0.1, 0.15) is 13.3 Å². The average molecular weight is 224 g/mol. The first-order valence-electron chi connectivity index (χ1n) is 3.99. The molecule has 0 saturated carbocycles. The van der Waals surface area contributed by atoms with E-state index >= 15 is 0 Å². The molecule has 0 radical (unpaired) electrons. The molecule has 1 heterocycles. The van der Waals surface area contributed by atoms with Crippen LogP contribution in [0.2, 0.25) is 0 Å². The Morgan fingerprint density at radius 3 is 2.36 bits per heavy atom. The first-order chi connectivity index (χ1) is 6.33. The number of imidazole rings is 1. The minimum atomic E-state index is -5.42. The maximum Gasteiger partial charge on any atom is 0.255 e. The Kier molecular flexibility index (Phi) is 5.32. The van der Waals surface area contributed by atoms with Crippen molar-refractivity contribution in [3.8, 4) is 0 Å². The molecule has 0 amide bonds. The predicted molar refractivity (Wildman–Crippen MR) is 46.7 cm³/mol. The fraction of sp³-hybridized carbons (Fsp3) is 0.571. The van der Waals surface area contributed by atoms with Gasteiger partial charge in [0.1, 0.15) is 12.4 Å². The van der Waals surface area contributed by atoms with Gasteiger partial charge in [-0.2, -0.15) is 0 Å². The summed E-state index contributed by atoms with van der Waals surface area (Å²) in [6.07, 6.45) is 7.43. The van der Waals surface area contributed by atoms with Gasteiger partial charge in [-0.1, -0.05) is 6.92 Å². The van der Waals surface area contributed by atoms with Crippen LogP contribution >= 0.6 is 0 Å². The fourth-order valence-corrected chi connectivity index (χ4v) is 0.892. The van der Waals surface area contributed by atoms with E-state index in [0.29, 0.717) is 0 Å². The number of hydrogen-bond acceptors (Lipinski definition) is 3. The second-order valence-corrected chi connectivity index (χ2v) is 3.50. The van der Waals surface area contributed by atoms with Crippen molar-refractivity contribution in [2.24, 2.45) is 7.05 Å². The van der Waals surface area contributed by atoms with E-state index in [1.54, 1.807) is 0 Å². The van der Waals surface area contributed by atoms with Crippen molar-refractivity contribution < 1.29 is 21.4 Å². The molecule has 0 unspecified atom stereocenters. The molecule has 0 atom stereocenters. The predicted octanol–water partition coefficient (Wildman–Crippen LogP) is 0.139. The number of halogens is 1. The number of aromatic nitrogens is 2. The molecule has 0 aromatic carbocycles. The molecule has 82 valence electrons. The Morgan fingerprint density at radius 1 is 1.57 bits per heavy atom. The van der Waals surface area contributed by atoms with E-state index in [0.717, 1.165) is 6.54 Å². The lowest BCUT2D eigenvalue weighted by atomic mass is 10.5. The smallest absolute Gasteiger partial charge is 0.255 e. The molecule has 7 heteroatoms. The maximum atomic E-state index is 10.1. The van der Waals surface area contributed by atoms with Crippen LogP contribution in [0.15, 0.2) is 18.7 Å². The van der Waals surface area contributed by atoms with Crippen LogP contribution in [0.5, 0.6) is 0 Å². The quantitative estimate of drug-likeness (QED) is 0.407. The molecule has 0 fully saturated rings. The minimum Gasteiger partial charge on any atom is -0.722 e. The molecule has 0 bridgehead atoms. The van der Waals surface area contributed by atoms with Gasteiger partial charge in [-0.15, -0.1) is 3.89 Å². The number of nitrogens with zero attached hydrogens (tertiary/aromatic N) is 2. The summed E-state index contributed by atoms with van der Waals surface area (Å²) in [6, 6.07) is 0. The zero-order valence-electron chi connectivity index (χ0n) is 8.05. The van der Waals surface area contributed by atoms with Gasteiger partial charge in [0.25, 0.3) is 10.5 Å². The van der Waals surface area contributed by atoms with Crippen molar-refractivity contribution in [2.45, 2.75) is 19.9 Å². The lowest BCUT2D eigenvalue weighted by molar-refractivity contribution is -0.696. The Labute approximate surface area is 82.8 Å². The van der Waals surface area contributed by atoms with E-state index in [2.05, 4.69) is 34.8 Å². The lowest BCUT2D eigenvalue weighted by Gasteiger charge is -1.86. The van der Waals surface area contributed by atoms with Gasteiger partial charge in [0.15, 0.2) is 0 Å². The SMILES string of the molecule is CCC[n+]1ccn(C)c1.O=S(=O)([O-])F. The van der Waals surface area contributed by atoms with E-state index in [1.807, 2.05) is 7.05 Å². The van der Waals surface area contributed by atoms with E-state index in [1.165, 1.54) is 6.42 Å². The van der Waals surface area contributed by atoms with Crippen molar-refractivity contribution in [3.63, 3.8) is 0 Å². The first-order valence-corrected chi connectivity index (χ1v) is 5.30. The van der Waals surface area contributed by atoms with E-state index in [-0.39, 0.29) is 0 Å². The normalized spacial score (nSPS) is 10.6. The van der Waals surface area contributed by atoms with E-state index in [4.69, 9.17) is 13.0 Å². The highest BCUT2D eigenvalue weighted by Crippen LogP contribution is 1.79. The largest absolute Gasteiger partial charge is 0.722 e. The summed E-state index contributed by atoms with van der Waals surface area (Å²) >= 11 is 0.